The number of rotatable bonds is 2. The highest BCUT2D eigenvalue weighted by molar-refractivity contribution is 5.86. The molecule has 0 bridgehead atoms. The summed E-state index contributed by atoms with van der Waals surface area (Å²) in [5.74, 6) is 1.01. The number of nitrogens with one attached hydrogen (secondary N) is 1. The molecular formula is C13H17N5O. The van der Waals surface area contributed by atoms with E-state index in [1.807, 2.05) is 24.7 Å². The summed E-state index contributed by atoms with van der Waals surface area (Å²) in [4.78, 5) is 22.0. The standard InChI is InChI=1S/C13H17N5O/c1-17-7-9(3-4-11(17)19)16-13-12-10(5-6-14-13)18(2)8-15-12/h5-6,8-9H,3-4,7H2,1-2H3,(H,14,16). The van der Waals surface area contributed by atoms with Gasteiger partial charge in [-0.05, 0) is 12.5 Å². The SMILES string of the molecule is CN1CC(Nc2nccc3c2ncn3C)CCC1=O. The van der Waals surface area contributed by atoms with Gasteiger partial charge in [-0.1, -0.05) is 0 Å². The van der Waals surface area contributed by atoms with Gasteiger partial charge in [-0.3, -0.25) is 4.79 Å². The molecule has 1 amide bonds. The number of aromatic nitrogens is 3. The number of fused-ring (bicyclic) bond motifs is 1. The highest BCUT2D eigenvalue weighted by Crippen LogP contribution is 2.21. The number of piperidine rings is 1. The van der Waals surface area contributed by atoms with Crippen LogP contribution in [0.3, 0.4) is 0 Å². The van der Waals surface area contributed by atoms with E-state index in [0.717, 1.165) is 23.3 Å². The lowest BCUT2D eigenvalue weighted by Crippen LogP contribution is -2.43. The molecule has 3 heterocycles. The molecule has 6 nitrogen and oxygen atoms in total. The second-order valence-electron chi connectivity index (χ2n) is 5.04. The summed E-state index contributed by atoms with van der Waals surface area (Å²) < 4.78 is 1.97. The summed E-state index contributed by atoms with van der Waals surface area (Å²) in [6, 6.07) is 2.19. The van der Waals surface area contributed by atoms with Crippen molar-refractivity contribution in [1.82, 2.24) is 19.4 Å². The number of carbonyl (C=O) groups excluding carboxylic acids is 1. The molecule has 0 spiro atoms. The summed E-state index contributed by atoms with van der Waals surface area (Å²) in [6.07, 6.45) is 5.00. The van der Waals surface area contributed by atoms with E-state index in [1.54, 1.807) is 17.4 Å². The topological polar surface area (TPSA) is 63.0 Å². The Balaban J connectivity index is 1.84. The highest BCUT2D eigenvalue weighted by atomic mass is 16.2. The maximum absolute atomic E-state index is 11.5. The first-order chi connectivity index (χ1) is 9.15. The zero-order valence-corrected chi connectivity index (χ0v) is 11.1. The summed E-state index contributed by atoms with van der Waals surface area (Å²) in [5, 5.41) is 3.41. The molecule has 1 saturated heterocycles. The lowest BCUT2D eigenvalue weighted by Gasteiger charge is -2.30. The molecule has 1 N–H and O–H groups in total. The Kier molecular flexibility index (Phi) is 2.85. The van der Waals surface area contributed by atoms with E-state index >= 15 is 0 Å². The molecule has 0 saturated carbocycles. The summed E-state index contributed by atoms with van der Waals surface area (Å²) in [7, 11) is 3.80. The number of aryl methyl sites for hydroxylation is 1. The number of imidazole rings is 1. The molecule has 6 heteroatoms. The molecule has 1 fully saturated rings. The Hall–Kier alpha value is -2.11. The number of carbonyl (C=O) groups is 1. The molecule has 1 aliphatic rings. The van der Waals surface area contributed by atoms with Gasteiger partial charge in [0.05, 0.1) is 11.8 Å². The second-order valence-corrected chi connectivity index (χ2v) is 5.04. The van der Waals surface area contributed by atoms with Crippen molar-refractivity contribution < 1.29 is 4.79 Å². The van der Waals surface area contributed by atoms with Gasteiger partial charge in [0.15, 0.2) is 5.82 Å². The molecule has 1 aliphatic heterocycles. The van der Waals surface area contributed by atoms with Crippen molar-refractivity contribution >= 4 is 22.8 Å². The smallest absolute Gasteiger partial charge is 0.222 e. The molecular weight excluding hydrogens is 242 g/mol. The van der Waals surface area contributed by atoms with Gasteiger partial charge in [-0.2, -0.15) is 0 Å². The number of nitrogens with zero attached hydrogens (tertiary/aromatic N) is 4. The Labute approximate surface area is 111 Å². The Morgan fingerprint density at radius 3 is 3.00 bits per heavy atom. The minimum atomic E-state index is 0.210. The number of likely N-dealkylation sites (N-methyl/N-ethyl adjacent to an activating group) is 1. The van der Waals surface area contributed by atoms with Gasteiger partial charge in [0.2, 0.25) is 5.91 Å². The van der Waals surface area contributed by atoms with Crippen molar-refractivity contribution in [3.8, 4) is 0 Å². The fraction of sp³-hybridized carbons (Fsp3) is 0.462. The lowest BCUT2D eigenvalue weighted by molar-refractivity contribution is -0.132. The van der Waals surface area contributed by atoms with Gasteiger partial charge < -0.3 is 14.8 Å². The van der Waals surface area contributed by atoms with Crippen molar-refractivity contribution in [1.29, 1.82) is 0 Å². The van der Waals surface area contributed by atoms with Crippen molar-refractivity contribution in [2.24, 2.45) is 7.05 Å². The summed E-state index contributed by atoms with van der Waals surface area (Å²) in [5.41, 5.74) is 1.93. The maximum Gasteiger partial charge on any atom is 0.222 e. The average Bonchev–Trinajstić information content (AvgIpc) is 2.77. The molecule has 19 heavy (non-hydrogen) atoms. The first kappa shape index (κ1) is 12.0. The second kappa shape index (κ2) is 4.53. The minimum absolute atomic E-state index is 0.210. The molecule has 1 unspecified atom stereocenters. The maximum atomic E-state index is 11.5. The van der Waals surface area contributed by atoms with Crippen LogP contribution in [0.4, 0.5) is 5.82 Å². The molecule has 1 atom stereocenters. The largest absolute Gasteiger partial charge is 0.364 e. The van der Waals surface area contributed by atoms with Crippen LogP contribution in [0, 0.1) is 0 Å². The Morgan fingerprint density at radius 2 is 2.21 bits per heavy atom. The zero-order valence-electron chi connectivity index (χ0n) is 11.1. The first-order valence-corrected chi connectivity index (χ1v) is 6.41. The van der Waals surface area contributed by atoms with Crippen molar-refractivity contribution in [2.45, 2.75) is 18.9 Å². The van der Waals surface area contributed by atoms with E-state index in [4.69, 9.17) is 0 Å². The van der Waals surface area contributed by atoms with Crippen LogP contribution in [-0.2, 0) is 11.8 Å². The average molecular weight is 259 g/mol. The van der Waals surface area contributed by atoms with Gasteiger partial charge in [0.25, 0.3) is 0 Å². The third-order valence-corrected chi connectivity index (χ3v) is 3.61. The monoisotopic (exact) mass is 259 g/mol. The number of amides is 1. The predicted octanol–water partition coefficient (Wildman–Crippen LogP) is 1.00. The van der Waals surface area contributed by atoms with Crippen LogP contribution >= 0.6 is 0 Å². The fourth-order valence-electron chi connectivity index (χ4n) is 2.49. The minimum Gasteiger partial charge on any atom is -0.364 e. The third kappa shape index (κ3) is 2.14. The van der Waals surface area contributed by atoms with Crippen LogP contribution in [0.25, 0.3) is 11.0 Å². The van der Waals surface area contributed by atoms with E-state index in [1.165, 1.54) is 0 Å². The number of hydrogen-bond donors (Lipinski definition) is 1. The Morgan fingerprint density at radius 1 is 1.37 bits per heavy atom. The molecule has 2 aromatic heterocycles. The predicted molar refractivity (Wildman–Crippen MR) is 72.8 cm³/mol. The highest BCUT2D eigenvalue weighted by Gasteiger charge is 2.23. The third-order valence-electron chi connectivity index (χ3n) is 3.61. The van der Waals surface area contributed by atoms with Crippen LogP contribution in [0.2, 0.25) is 0 Å². The normalized spacial score (nSPS) is 20.0. The Bertz CT molecular complexity index is 621. The van der Waals surface area contributed by atoms with Gasteiger partial charge in [0.1, 0.15) is 5.52 Å². The lowest BCUT2D eigenvalue weighted by atomic mass is 10.1. The molecule has 0 aromatic carbocycles. The molecule has 2 aromatic rings. The van der Waals surface area contributed by atoms with Crippen LogP contribution in [0.1, 0.15) is 12.8 Å². The zero-order chi connectivity index (χ0) is 13.4. The molecule has 100 valence electrons. The quantitative estimate of drug-likeness (QED) is 0.874. The van der Waals surface area contributed by atoms with Gasteiger partial charge in [-0.25, -0.2) is 9.97 Å². The van der Waals surface area contributed by atoms with Crippen molar-refractivity contribution in [2.75, 3.05) is 18.9 Å². The number of pyridine rings is 1. The van der Waals surface area contributed by atoms with Gasteiger partial charge in [0, 0.05) is 39.3 Å². The van der Waals surface area contributed by atoms with Gasteiger partial charge in [-0.15, -0.1) is 0 Å². The fourth-order valence-corrected chi connectivity index (χ4v) is 2.49. The van der Waals surface area contributed by atoms with Crippen LogP contribution in [-0.4, -0.2) is 45.0 Å². The van der Waals surface area contributed by atoms with Crippen LogP contribution < -0.4 is 5.32 Å². The summed E-state index contributed by atoms with van der Waals surface area (Å²) in [6.45, 7) is 0.712. The van der Waals surface area contributed by atoms with Gasteiger partial charge >= 0.3 is 0 Å². The number of hydrogen-bond acceptors (Lipinski definition) is 4. The van der Waals surface area contributed by atoms with E-state index in [2.05, 4.69) is 15.3 Å². The van der Waals surface area contributed by atoms with Crippen LogP contribution in [0.5, 0.6) is 0 Å². The first-order valence-electron chi connectivity index (χ1n) is 6.41. The van der Waals surface area contributed by atoms with E-state index < -0.39 is 0 Å². The molecule has 3 rings (SSSR count). The van der Waals surface area contributed by atoms with Crippen LogP contribution in [0.15, 0.2) is 18.6 Å². The number of likely N-dealkylation sites (tertiary alicyclic amines) is 1. The van der Waals surface area contributed by atoms with E-state index in [9.17, 15) is 4.79 Å². The van der Waals surface area contributed by atoms with E-state index in [0.29, 0.717) is 13.0 Å². The molecule has 0 aliphatic carbocycles. The molecule has 0 radical (unpaired) electrons. The van der Waals surface area contributed by atoms with Crippen molar-refractivity contribution in [3.05, 3.63) is 18.6 Å². The van der Waals surface area contributed by atoms with Crippen molar-refractivity contribution in [3.63, 3.8) is 0 Å². The van der Waals surface area contributed by atoms with E-state index in [-0.39, 0.29) is 11.9 Å². The summed E-state index contributed by atoms with van der Waals surface area (Å²) >= 11 is 0. The number of anilines is 1.